The van der Waals surface area contributed by atoms with Gasteiger partial charge in [-0.2, -0.15) is 0 Å². The van der Waals surface area contributed by atoms with Crippen LogP contribution in [-0.4, -0.2) is 55.3 Å². The van der Waals surface area contributed by atoms with Crippen LogP contribution in [0, 0.1) is 0 Å². The van der Waals surface area contributed by atoms with E-state index in [1.807, 2.05) is 6.07 Å². The third kappa shape index (κ3) is 5.16. The summed E-state index contributed by atoms with van der Waals surface area (Å²) in [6.07, 6.45) is 2.79. The number of piperidine rings is 1. The van der Waals surface area contributed by atoms with E-state index in [1.165, 1.54) is 5.56 Å². The van der Waals surface area contributed by atoms with Gasteiger partial charge < -0.3 is 19.6 Å². The number of likely N-dealkylation sites (tertiary alicyclic amines) is 1. The Balaban J connectivity index is 1.34. The third-order valence-corrected chi connectivity index (χ3v) is 8.37. The number of anilines is 1. The topological polar surface area (TPSA) is 53.0 Å². The maximum atomic E-state index is 12.2. The van der Waals surface area contributed by atoms with Gasteiger partial charge in [0.2, 0.25) is 5.91 Å². The van der Waals surface area contributed by atoms with E-state index < -0.39 is 6.10 Å². The van der Waals surface area contributed by atoms with Crippen molar-refractivity contribution in [2.75, 3.05) is 38.2 Å². The van der Waals surface area contributed by atoms with Crippen molar-refractivity contribution in [3.63, 3.8) is 0 Å². The molecule has 1 saturated heterocycles. The first-order chi connectivity index (χ1) is 14.9. The van der Waals surface area contributed by atoms with Crippen molar-refractivity contribution in [1.82, 2.24) is 4.90 Å². The van der Waals surface area contributed by atoms with Crippen molar-refractivity contribution in [3.8, 4) is 5.75 Å². The average Bonchev–Trinajstić information content (AvgIpc) is 2.78. The van der Waals surface area contributed by atoms with E-state index in [0.717, 1.165) is 46.1 Å². The number of β-amino-alcohol motifs (C(OH)–C–C–N with tert-alkyl or cyclic N) is 1. The summed E-state index contributed by atoms with van der Waals surface area (Å²) in [5, 5.41) is 10.6. The SMILES string of the molecule is CN1C(=O)CCc2c(Br)c(Br)cc(OCC(O)CN3CCC(c4ccccc4)CC3)c21. The van der Waals surface area contributed by atoms with E-state index in [0.29, 0.717) is 31.1 Å². The molecule has 2 heterocycles. The molecule has 2 aliphatic rings. The number of hydrogen-bond acceptors (Lipinski definition) is 4. The number of carbonyl (C=O) groups is 1. The van der Waals surface area contributed by atoms with Crippen molar-refractivity contribution in [2.24, 2.45) is 0 Å². The molecule has 4 rings (SSSR count). The quantitative estimate of drug-likeness (QED) is 0.563. The fourth-order valence-corrected chi connectivity index (χ4v) is 5.53. The van der Waals surface area contributed by atoms with Gasteiger partial charge in [-0.25, -0.2) is 0 Å². The minimum atomic E-state index is -0.587. The van der Waals surface area contributed by atoms with Crippen molar-refractivity contribution in [1.29, 1.82) is 0 Å². The zero-order valence-corrected chi connectivity index (χ0v) is 20.9. The minimum Gasteiger partial charge on any atom is -0.489 e. The Labute approximate surface area is 200 Å². The molecule has 7 heteroatoms. The molecule has 5 nitrogen and oxygen atoms in total. The molecule has 2 aromatic carbocycles. The van der Waals surface area contributed by atoms with Gasteiger partial charge in [0.1, 0.15) is 18.5 Å². The molecule has 166 valence electrons. The highest BCUT2D eigenvalue weighted by Crippen LogP contribution is 2.44. The lowest BCUT2D eigenvalue weighted by atomic mass is 9.89. The number of benzene rings is 2. The highest BCUT2D eigenvalue weighted by atomic mass is 79.9. The molecule has 1 atom stereocenters. The standard InChI is InChI=1S/C24H28Br2N2O3/c1-27-22(30)8-7-19-23(26)20(25)13-21(24(19)27)31-15-18(29)14-28-11-9-17(10-12-28)16-5-3-2-4-6-16/h2-6,13,17-18,29H,7-12,14-15H2,1H3. The Bertz CT molecular complexity index is 930. The summed E-state index contributed by atoms with van der Waals surface area (Å²) in [5.41, 5.74) is 3.27. The van der Waals surface area contributed by atoms with Gasteiger partial charge >= 0.3 is 0 Å². The fraction of sp³-hybridized carbons (Fsp3) is 0.458. The molecule has 1 N–H and O–H groups in total. The van der Waals surface area contributed by atoms with Crippen LogP contribution in [0.4, 0.5) is 5.69 Å². The molecule has 0 spiro atoms. The molecule has 1 fully saturated rings. The van der Waals surface area contributed by atoms with Gasteiger partial charge in [0, 0.05) is 29.0 Å². The lowest BCUT2D eigenvalue weighted by Gasteiger charge is -2.33. The van der Waals surface area contributed by atoms with Crippen LogP contribution >= 0.6 is 31.9 Å². The van der Waals surface area contributed by atoms with E-state index in [-0.39, 0.29) is 12.5 Å². The Morgan fingerprint density at radius 3 is 2.58 bits per heavy atom. The van der Waals surface area contributed by atoms with Crippen LogP contribution in [0.3, 0.4) is 0 Å². The van der Waals surface area contributed by atoms with Crippen LogP contribution in [-0.2, 0) is 11.2 Å². The van der Waals surface area contributed by atoms with Crippen LogP contribution in [0.5, 0.6) is 5.75 Å². The van der Waals surface area contributed by atoms with Gasteiger partial charge in [0.15, 0.2) is 0 Å². The molecule has 0 aliphatic carbocycles. The fourth-order valence-electron chi connectivity index (χ4n) is 4.58. The van der Waals surface area contributed by atoms with E-state index in [4.69, 9.17) is 4.74 Å². The summed E-state index contributed by atoms with van der Waals surface area (Å²) in [4.78, 5) is 16.2. The summed E-state index contributed by atoms with van der Waals surface area (Å²) in [6, 6.07) is 12.6. The van der Waals surface area contributed by atoms with Crippen LogP contribution in [0.1, 0.15) is 36.3 Å². The van der Waals surface area contributed by atoms with Gasteiger partial charge in [-0.05, 0) is 87.3 Å². The monoisotopic (exact) mass is 550 g/mol. The lowest BCUT2D eigenvalue weighted by Crippen LogP contribution is -2.40. The molecule has 0 bridgehead atoms. The van der Waals surface area contributed by atoms with E-state index in [1.54, 1.807) is 11.9 Å². The van der Waals surface area contributed by atoms with Gasteiger partial charge in [0.25, 0.3) is 0 Å². The number of amides is 1. The molecule has 2 aliphatic heterocycles. The number of ether oxygens (including phenoxy) is 1. The average molecular weight is 552 g/mol. The summed E-state index contributed by atoms with van der Waals surface area (Å²) >= 11 is 7.19. The van der Waals surface area contributed by atoms with Gasteiger partial charge in [-0.3, -0.25) is 4.79 Å². The second kappa shape index (κ2) is 10.0. The molecule has 0 aromatic heterocycles. The molecular weight excluding hydrogens is 524 g/mol. The van der Waals surface area contributed by atoms with Crippen molar-refractivity contribution >= 4 is 43.5 Å². The molecule has 1 unspecified atom stereocenters. The van der Waals surface area contributed by atoms with Crippen LogP contribution < -0.4 is 9.64 Å². The number of hydrogen-bond donors (Lipinski definition) is 1. The zero-order chi connectivity index (χ0) is 22.0. The Kier molecular flexibility index (Phi) is 7.37. The Morgan fingerprint density at radius 2 is 1.87 bits per heavy atom. The number of aliphatic hydroxyl groups excluding tert-OH is 1. The maximum absolute atomic E-state index is 12.2. The molecule has 0 radical (unpaired) electrons. The second-order valence-electron chi connectivity index (χ2n) is 8.40. The second-order valence-corrected chi connectivity index (χ2v) is 10.0. The summed E-state index contributed by atoms with van der Waals surface area (Å²) in [5.74, 6) is 1.31. The first-order valence-corrected chi connectivity index (χ1v) is 12.4. The van der Waals surface area contributed by atoms with Crippen molar-refractivity contribution in [2.45, 2.75) is 37.7 Å². The maximum Gasteiger partial charge on any atom is 0.227 e. The van der Waals surface area contributed by atoms with E-state index >= 15 is 0 Å². The van der Waals surface area contributed by atoms with Crippen molar-refractivity contribution < 1.29 is 14.6 Å². The molecule has 2 aromatic rings. The smallest absolute Gasteiger partial charge is 0.227 e. The van der Waals surface area contributed by atoms with Crippen molar-refractivity contribution in [3.05, 3.63) is 56.5 Å². The van der Waals surface area contributed by atoms with Crippen LogP contribution in [0.25, 0.3) is 0 Å². The number of nitrogens with zero attached hydrogens (tertiary/aromatic N) is 2. The number of halogens is 2. The first-order valence-electron chi connectivity index (χ1n) is 10.8. The number of rotatable bonds is 6. The predicted octanol–water partition coefficient (Wildman–Crippen LogP) is 4.74. The normalized spacial score (nSPS) is 18.7. The highest BCUT2D eigenvalue weighted by Gasteiger charge is 2.28. The minimum absolute atomic E-state index is 0.0772. The van der Waals surface area contributed by atoms with E-state index in [2.05, 4.69) is 67.1 Å². The number of carbonyl (C=O) groups excluding carboxylic acids is 1. The third-order valence-electron chi connectivity index (χ3n) is 6.31. The molecule has 1 amide bonds. The number of aliphatic hydroxyl groups is 1. The summed E-state index contributed by atoms with van der Waals surface area (Å²) < 4.78 is 7.88. The largest absolute Gasteiger partial charge is 0.489 e. The predicted molar refractivity (Wildman–Crippen MR) is 130 cm³/mol. The first kappa shape index (κ1) is 22.8. The zero-order valence-electron chi connectivity index (χ0n) is 17.7. The van der Waals surface area contributed by atoms with Crippen LogP contribution in [0.15, 0.2) is 45.3 Å². The molecule has 31 heavy (non-hydrogen) atoms. The molecule has 0 saturated carbocycles. The summed E-state index contributed by atoms with van der Waals surface area (Å²) in [6.45, 7) is 2.75. The highest BCUT2D eigenvalue weighted by molar-refractivity contribution is 9.13. The number of fused-ring (bicyclic) bond motifs is 1. The summed E-state index contributed by atoms with van der Waals surface area (Å²) in [7, 11) is 1.78. The lowest BCUT2D eigenvalue weighted by molar-refractivity contribution is -0.118. The van der Waals surface area contributed by atoms with E-state index in [9.17, 15) is 9.90 Å². The van der Waals surface area contributed by atoms with Gasteiger partial charge in [0.05, 0.1) is 5.69 Å². The molecular formula is C24H28Br2N2O3. The van der Waals surface area contributed by atoms with Crippen LogP contribution in [0.2, 0.25) is 0 Å². The Hall–Kier alpha value is -1.41. The van der Waals surface area contributed by atoms with Gasteiger partial charge in [-0.1, -0.05) is 30.3 Å². The van der Waals surface area contributed by atoms with Gasteiger partial charge in [-0.15, -0.1) is 0 Å². The Morgan fingerprint density at radius 1 is 1.16 bits per heavy atom.